The van der Waals surface area contributed by atoms with E-state index in [0.717, 1.165) is 0 Å². The molecule has 0 saturated heterocycles. The van der Waals surface area contributed by atoms with E-state index in [1.54, 1.807) is 36.4 Å². The topological polar surface area (TPSA) is 96.0 Å². The van der Waals surface area contributed by atoms with E-state index in [9.17, 15) is 14.9 Å². The highest BCUT2D eigenvalue weighted by atomic mass is 79.9. The molecule has 0 spiro atoms. The summed E-state index contributed by atoms with van der Waals surface area (Å²) in [6.45, 7) is 0. The average Bonchev–Trinajstić information content (AvgIpc) is 2.55. The molecule has 0 fully saturated rings. The van der Waals surface area contributed by atoms with E-state index in [-0.39, 0.29) is 11.3 Å². The summed E-state index contributed by atoms with van der Waals surface area (Å²) in [4.78, 5) is 22.5. The van der Waals surface area contributed by atoms with Crippen LogP contribution in [0.4, 0.5) is 11.4 Å². The molecule has 2 aromatic carbocycles. The molecule has 0 heterocycles. The maximum atomic E-state index is 12.1. The zero-order valence-electron chi connectivity index (χ0n) is 12.0. The smallest absolute Gasteiger partial charge is 0.284 e. The number of carbonyl (C=O) groups excluding carboxylic acids is 1. The number of nitriles is 1. The van der Waals surface area contributed by atoms with E-state index in [1.165, 1.54) is 18.2 Å². The van der Waals surface area contributed by atoms with Crippen molar-refractivity contribution in [1.82, 2.24) is 0 Å². The molecule has 2 aromatic rings. The first kappa shape index (κ1) is 17.7. The number of benzene rings is 2. The Hall–Kier alpha value is -2.69. The summed E-state index contributed by atoms with van der Waals surface area (Å²) >= 11 is 8.84. The molecule has 0 unspecified atom stereocenters. The van der Waals surface area contributed by atoms with Crippen molar-refractivity contribution in [3.63, 3.8) is 0 Å². The van der Waals surface area contributed by atoms with Crippen LogP contribution in [0.5, 0.6) is 0 Å². The maximum Gasteiger partial charge on any atom is 0.284 e. The van der Waals surface area contributed by atoms with E-state index in [0.29, 0.717) is 20.7 Å². The number of hydrogen-bond acceptors (Lipinski definition) is 4. The van der Waals surface area contributed by atoms with Crippen LogP contribution in [-0.4, -0.2) is 10.8 Å². The molecule has 1 N–H and O–H groups in total. The van der Waals surface area contributed by atoms with Crippen LogP contribution in [0.3, 0.4) is 0 Å². The maximum absolute atomic E-state index is 12.1. The van der Waals surface area contributed by atoms with Crippen LogP contribution in [0.2, 0.25) is 5.02 Å². The van der Waals surface area contributed by atoms with Gasteiger partial charge >= 0.3 is 0 Å². The van der Waals surface area contributed by atoms with Crippen LogP contribution in [-0.2, 0) is 4.79 Å². The van der Waals surface area contributed by atoms with Gasteiger partial charge in [-0.05, 0) is 57.9 Å². The third-order valence-corrected chi connectivity index (χ3v) is 3.87. The van der Waals surface area contributed by atoms with Crippen LogP contribution in [0, 0.1) is 21.4 Å². The number of nitrogens with one attached hydrogen (secondary N) is 1. The Kier molecular flexibility index (Phi) is 5.68. The van der Waals surface area contributed by atoms with Gasteiger partial charge < -0.3 is 5.32 Å². The third-order valence-electron chi connectivity index (χ3n) is 2.95. The van der Waals surface area contributed by atoms with Crippen molar-refractivity contribution < 1.29 is 9.72 Å². The zero-order valence-corrected chi connectivity index (χ0v) is 14.3. The second-order valence-electron chi connectivity index (χ2n) is 4.60. The Labute approximate surface area is 150 Å². The zero-order chi connectivity index (χ0) is 17.7. The summed E-state index contributed by atoms with van der Waals surface area (Å²) < 4.78 is 0.314. The molecule has 0 saturated carbocycles. The van der Waals surface area contributed by atoms with Crippen molar-refractivity contribution in [2.24, 2.45) is 0 Å². The van der Waals surface area contributed by atoms with Gasteiger partial charge in [-0.1, -0.05) is 17.7 Å². The largest absolute Gasteiger partial charge is 0.321 e. The molecule has 0 atom stereocenters. The van der Waals surface area contributed by atoms with Gasteiger partial charge in [0.25, 0.3) is 11.6 Å². The van der Waals surface area contributed by atoms with Gasteiger partial charge in [0.15, 0.2) is 0 Å². The molecular formula is C16H9BrClN3O3. The fraction of sp³-hybridized carbons (Fsp3) is 0. The van der Waals surface area contributed by atoms with Crippen LogP contribution < -0.4 is 5.32 Å². The number of nitro benzene ring substituents is 1. The Morgan fingerprint density at radius 3 is 2.54 bits per heavy atom. The number of halogens is 2. The highest BCUT2D eigenvalue weighted by Gasteiger charge is 2.14. The summed E-state index contributed by atoms with van der Waals surface area (Å²) in [6.07, 6.45) is 1.28. The van der Waals surface area contributed by atoms with E-state index >= 15 is 0 Å². The number of amides is 1. The minimum Gasteiger partial charge on any atom is -0.321 e. The molecule has 8 heteroatoms. The quantitative estimate of drug-likeness (QED) is 0.348. The van der Waals surface area contributed by atoms with Crippen LogP contribution >= 0.6 is 27.5 Å². The van der Waals surface area contributed by atoms with Crippen molar-refractivity contribution in [2.45, 2.75) is 0 Å². The second-order valence-corrected chi connectivity index (χ2v) is 5.89. The van der Waals surface area contributed by atoms with Gasteiger partial charge in [-0.3, -0.25) is 14.9 Å². The van der Waals surface area contributed by atoms with Gasteiger partial charge in [0.2, 0.25) is 0 Å². The number of anilines is 1. The lowest BCUT2D eigenvalue weighted by Gasteiger charge is -2.04. The summed E-state index contributed by atoms with van der Waals surface area (Å²) in [5.74, 6) is -0.620. The summed E-state index contributed by atoms with van der Waals surface area (Å²) in [7, 11) is 0. The van der Waals surface area contributed by atoms with Gasteiger partial charge in [-0.25, -0.2) is 0 Å². The molecular weight excluding hydrogens is 398 g/mol. The molecule has 1 amide bonds. The molecule has 120 valence electrons. The van der Waals surface area contributed by atoms with E-state index in [4.69, 9.17) is 16.9 Å². The fourth-order valence-electron chi connectivity index (χ4n) is 1.81. The predicted octanol–water partition coefficient (Wildman–Crippen LogP) is 4.56. The molecule has 0 bridgehead atoms. The molecule has 2 rings (SSSR count). The standard InChI is InChI=1S/C16H9BrClN3O3/c17-14-6-1-10(8-15(14)21(23)24)7-11(9-19)16(22)20-13-4-2-12(18)3-5-13/h1-8H,(H,20,22)/b11-7+. The highest BCUT2D eigenvalue weighted by Crippen LogP contribution is 2.26. The normalized spacial score (nSPS) is 10.8. The first-order chi connectivity index (χ1) is 11.4. The number of nitrogens with zero attached hydrogens (tertiary/aromatic N) is 2. The minimum atomic E-state index is -0.620. The van der Waals surface area contributed by atoms with Crippen molar-refractivity contribution in [3.8, 4) is 6.07 Å². The van der Waals surface area contributed by atoms with Gasteiger partial charge in [0.1, 0.15) is 11.6 Å². The number of hydrogen-bond donors (Lipinski definition) is 1. The Morgan fingerprint density at radius 2 is 1.96 bits per heavy atom. The van der Waals surface area contributed by atoms with Gasteiger partial charge in [-0.2, -0.15) is 5.26 Å². The van der Waals surface area contributed by atoms with Crippen molar-refractivity contribution in [1.29, 1.82) is 5.26 Å². The van der Waals surface area contributed by atoms with Crippen LogP contribution in [0.25, 0.3) is 6.08 Å². The van der Waals surface area contributed by atoms with E-state index in [2.05, 4.69) is 21.2 Å². The van der Waals surface area contributed by atoms with Crippen LogP contribution in [0.15, 0.2) is 52.5 Å². The second kappa shape index (κ2) is 7.73. The third kappa shape index (κ3) is 4.41. The van der Waals surface area contributed by atoms with Crippen molar-refractivity contribution in [3.05, 3.63) is 73.2 Å². The summed E-state index contributed by atoms with van der Waals surface area (Å²) in [6, 6.07) is 12.5. The number of carbonyl (C=O) groups is 1. The molecule has 0 aliphatic carbocycles. The number of nitro groups is 1. The Balaban J connectivity index is 2.27. The SMILES string of the molecule is N#C/C(=C\c1ccc(Br)c([N+](=O)[O-])c1)C(=O)Nc1ccc(Cl)cc1. The van der Waals surface area contributed by atoms with Crippen molar-refractivity contribution in [2.75, 3.05) is 5.32 Å². The fourth-order valence-corrected chi connectivity index (χ4v) is 2.32. The minimum absolute atomic E-state index is 0.154. The molecule has 0 aliphatic heterocycles. The van der Waals surface area contributed by atoms with Gasteiger partial charge in [0.05, 0.1) is 9.40 Å². The monoisotopic (exact) mass is 405 g/mol. The van der Waals surface area contributed by atoms with Gasteiger partial charge in [-0.15, -0.1) is 0 Å². The predicted molar refractivity (Wildman–Crippen MR) is 94.5 cm³/mol. The lowest BCUT2D eigenvalue weighted by atomic mass is 10.1. The Bertz CT molecular complexity index is 873. The first-order valence-electron chi connectivity index (χ1n) is 6.53. The van der Waals surface area contributed by atoms with Crippen LogP contribution in [0.1, 0.15) is 5.56 Å². The van der Waals surface area contributed by atoms with Gasteiger partial charge in [0, 0.05) is 16.8 Å². The summed E-state index contributed by atoms with van der Waals surface area (Å²) in [5.41, 5.74) is 0.515. The van der Waals surface area contributed by atoms with Crippen molar-refractivity contribution >= 4 is 50.9 Å². The first-order valence-corrected chi connectivity index (χ1v) is 7.70. The lowest BCUT2D eigenvalue weighted by Crippen LogP contribution is -2.13. The molecule has 0 aromatic heterocycles. The molecule has 0 radical (unpaired) electrons. The van der Waals surface area contributed by atoms with E-state index < -0.39 is 10.8 Å². The Morgan fingerprint density at radius 1 is 1.29 bits per heavy atom. The molecule has 0 aliphatic rings. The molecule has 6 nitrogen and oxygen atoms in total. The summed E-state index contributed by atoms with van der Waals surface area (Å²) in [5, 5.41) is 23.2. The highest BCUT2D eigenvalue weighted by molar-refractivity contribution is 9.10. The molecule has 24 heavy (non-hydrogen) atoms. The number of rotatable bonds is 4. The lowest BCUT2D eigenvalue weighted by molar-refractivity contribution is -0.385. The average molecular weight is 407 g/mol. The van der Waals surface area contributed by atoms with E-state index in [1.807, 2.05) is 0 Å².